The lowest BCUT2D eigenvalue weighted by Crippen LogP contribution is -2.18. The Kier molecular flexibility index (Phi) is 1.18. The van der Waals surface area contributed by atoms with Gasteiger partial charge in [0.15, 0.2) is 0 Å². The van der Waals surface area contributed by atoms with E-state index in [9.17, 15) is 4.79 Å². The van der Waals surface area contributed by atoms with Gasteiger partial charge in [-0.3, -0.25) is 0 Å². The summed E-state index contributed by atoms with van der Waals surface area (Å²) in [6.07, 6.45) is 7.69. The molecule has 10 heavy (non-hydrogen) atoms. The van der Waals surface area contributed by atoms with Gasteiger partial charge in [-0.25, -0.2) is 4.79 Å². The van der Waals surface area contributed by atoms with Crippen LogP contribution in [0.4, 0.5) is 0 Å². The predicted molar refractivity (Wildman–Crippen MR) is 37.4 cm³/mol. The largest absolute Gasteiger partial charge is 0.235 e. The van der Waals surface area contributed by atoms with Gasteiger partial charge in [0, 0.05) is 0 Å². The van der Waals surface area contributed by atoms with Gasteiger partial charge >= 0.3 is 0 Å². The number of rotatable bonds is 1. The van der Waals surface area contributed by atoms with E-state index in [0.29, 0.717) is 0 Å². The molecule has 54 valence electrons. The minimum absolute atomic E-state index is 0.0619. The van der Waals surface area contributed by atoms with Crippen molar-refractivity contribution in [1.82, 2.24) is 0 Å². The predicted octanol–water partition coefficient (Wildman–Crippen LogP) is 1.65. The van der Waals surface area contributed by atoms with E-state index < -0.39 is 0 Å². The zero-order valence-corrected chi connectivity index (χ0v) is 5.97. The Morgan fingerprint density at radius 1 is 1.40 bits per heavy atom. The van der Waals surface area contributed by atoms with Crippen LogP contribution >= 0.6 is 0 Å². The summed E-state index contributed by atoms with van der Waals surface area (Å²) in [7, 11) is 0. The van der Waals surface area contributed by atoms with E-state index in [-0.39, 0.29) is 5.54 Å². The maximum absolute atomic E-state index is 10.1. The first-order valence-electron chi connectivity index (χ1n) is 3.94. The molecule has 0 aliphatic heterocycles. The Morgan fingerprint density at radius 3 is 2.50 bits per heavy atom. The number of aliphatic imine (C=N–C) groups is 1. The summed E-state index contributed by atoms with van der Waals surface area (Å²) in [4.78, 5) is 14.0. The average Bonchev–Trinajstić information content (AvgIpc) is 2.46. The molecule has 2 aliphatic carbocycles. The average molecular weight is 137 g/mol. The summed E-state index contributed by atoms with van der Waals surface area (Å²) in [6.45, 7) is 0. The SMILES string of the molecule is O=C=NC12CCC(CC1)C2. The fourth-order valence-electron chi connectivity index (χ4n) is 2.41. The Morgan fingerprint density at radius 2 is 2.10 bits per heavy atom. The molecule has 0 radical (unpaired) electrons. The van der Waals surface area contributed by atoms with Crippen LogP contribution < -0.4 is 0 Å². The number of fused-ring (bicyclic) bond motifs is 2. The molecule has 2 rings (SSSR count). The Labute approximate surface area is 60.3 Å². The van der Waals surface area contributed by atoms with Gasteiger partial charge in [-0.2, -0.15) is 4.99 Å². The van der Waals surface area contributed by atoms with Gasteiger partial charge in [-0.15, -0.1) is 0 Å². The van der Waals surface area contributed by atoms with E-state index >= 15 is 0 Å². The van der Waals surface area contributed by atoms with Crippen LogP contribution in [0.15, 0.2) is 4.99 Å². The van der Waals surface area contributed by atoms with E-state index in [0.717, 1.165) is 25.2 Å². The fourth-order valence-corrected chi connectivity index (χ4v) is 2.41. The van der Waals surface area contributed by atoms with E-state index in [2.05, 4.69) is 4.99 Å². The lowest BCUT2D eigenvalue weighted by atomic mass is 9.95. The lowest BCUT2D eigenvalue weighted by Gasteiger charge is -2.17. The molecular formula is C8H11NO. The van der Waals surface area contributed by atoms with Gasteiger partial charge in [-0.1, -0.05) is 0 Å². The first-order valence-corrected chi connectivity index (χ1v) is 3.94. The number of nitrogens with zero attached hydrogens (tertiary/aromatic N) is 1. The van der Waals surface area contributed by atoms with Gasteiger partial charge in [0.1, 0.15) is 0 Å². The third-order valence-corrected chi connectivity index (χ3v) is 2.99. The second-order valence-electron chi connectivity index (χ2n) is 3.57. The van der Waals surface area contributed by atoms with Crippen molar-refractivity contribution in [2.75, 3.05) is 0 Å². The maximum atomic E-state index is 10.1. The number of hydrogen-bond donors (Lipinski definition) is 0. The van der Waals surface area contributed by atoms with Gasteiger partial charge in [0.25, 0.3) is 0 Å². The fraction of sp³-hybridized carbons (Fsp3) is 0.875. The summed E-state index contributed by atoms with van der Waals surface area (Å²) in [5, 5.41) is 0. The molecule has 0 aromatic rings. The Balaban J connectivity index is 2.22. The van der Waals surface area contributed by atoms with Crippen molar-refractivity contribution in [3.05, 3.63) is 0 Å². The highest BCUT2D eigenvalue weighted by Crippen LogP contribution is 2.49. The molecule has 0 aromatic heterocycles. The standard InChI is InChI=1S/C8H11NO/c10-6-9-8-3-1-7(5-8)2-4-8/h7H,1-5H2. The van der Waals surface area contributed by atoms with Crippen molar-refractivity contribution >= 4 is 6.08 Å². The Hall–Kier alpha value is -0.620. The molecule has 2 heteroatoms. The zero-order chi connectivity index (χ0) is 7.03. The molecule has 0 N–H and O–H groups in total. The summed E-state index contributed by atoms with van der Waals surface area (Å²) in [5.74, 6) is 0.872. The molecular weight excluding hydrogens is 126 g/mol. The second kappa shape index (κ2) is 1.93. The molecule has 0 saturated heterocycles. The molecule has 2 aliphatic rings. The smallest absolute Gasteiger partial charge is 0.211 e. The van der Waals surface area contributed by atoms with Crippen LogP contribution in [0.5, 0.6) is 0 Å². The van der Waals surface area contributed by atoms with Gasteiger partial charge in [0.2, 0.25) is 6.08 Å². The van der Waals surface area contributed by atoms with Crippen LogP contribution in [0, 0.1) is 5.92 Å². The molecule has 2 nitrogen and oxygen atoms in total. The molecule has 0 atom stereocenters. The van der Waals surface area contributed by atoms with Gasteiger partial charge in [-0.05, 0) is 38.0 Å². The van der Waals surface area contributed by atoms with Gasteiger partial charge < -0.3 is 0 Å². The number of hydrogen-bond acceptors (Lipinski definition) is 2. The highest BCUT2D eigenvalue weighted by atomic mass is 16.1. The van der Waals surface area contributed by atoms with E-state index in [1.54, 1.807) is 6.08 Å². The summed E-state index contributed by atoms with van der Waals surface area (Å²) in [6, 6.07) is 0. The van der Waals surface area contributed by atoms with Crippen molar-refractivity contribution in [3.8, 4) is 0 Å². The summed E-state index contributed by atoms with van der Waals surface area (Å²) in [5.41, 5.74) is 0.0619. The van der Waals surface area contributed by atoms with E-state index in [1.807, 2.05) is 0 Å². The highest BCUT2D eigenvalue weighted by molar-refractivity contribution is 5.35. The highest BCUT2D eigenvalue weighted by Gasteiger charge is 2.44. The van der Waals surface area contributed by atoms with Crippen molar-refractivity contribution in [2.24, 2.45) is 10.9 Å². The summed E-state index contributed by atoms with van der Waals surface area (Å²) < 4.78 is 0. The topological polar surface area (TPSA) is 29.4 Å². The first kappa shape index (κ1) is 6.11. The minimum atomic E-state index is 0.0619. The van der Waals surface area contributed by atoms with Gasteiger partial charge in [0.05, 0.1) is 5.54 Å². The van der Waals surface area contributed by atoms with Crippen molar-refractivity contribution in [1.29, 1.82) is 0 Å². The van der Waals surface area contributed by atoms with Crippen LogP contribution in [0.3, 0.4) is 0 Å². The molecule has 2 saturated carbocycles. The van der Waals surface area contributed by atoms with Crippen LogP contribution in [0.2, 0.25) is 0 Å². The normalized spacial score (nSPS) is 43.4. The summed E-state index contributed by atoms with van der Waals surface area (Å²) >= 11 is 0. The zero-order valence-electron chi connectivity index (χ0n) is 5.97. The van der Waals surface area contributed by atoms with E-state index in [1.165, 1.54) is 12.8 Å². The molecule has 0 heterocycles. The number of isocyanates is 1. The van der Waals surface area contributed by atoms with Crippen LogP contribution in [0.25, 0.3) is 0 Å². The van der Waals surface area contributed by atoms with Crippen molar-refractivity contribution in [3.63, 3.8) is 0 Å². The monoisotopic (exact) mass is 137 g/mol. The van der Waals surface area contributed by atoms with Crippen molar-refractivity contribution < 1.29 is 4.79 Å². The maximum Gasteiger partial charge on any atom is 0.235 e. The van der Waals surface area contributed by atoms with Crippen LogP contribution in [0.1, 0.15) is 32.1 Å². The second-order valence-corrected chi connectivity index (χ2v) is 3.57. The molecule has 0 amide bonds. The minimum Gasteiger partial charge on any atom is -0.211 e. The molecule has 0 unspecified atom stereocenters. The quantitative estimate of drug-likeness (QED) is 0.399. The molecule has 0 spiro atoms. The molecule has 2 fully saturated rings. The molecule has 2 bridgehead atoms. The van der Waals surface area contributed by atoms with Crippen LogP contribution in [-0.2, 0) is 4.79 Å². The Bertz CT molecular complexity index is 185. The third kappa shape index (κ3) is 0.723. The third-order valence-electron chi connectivity index (χ3n) is 2.99. The molecule has 0 aromatic carbocycles. The first-order chi connectivity index (χ1) is 4.85. The number of carbonyl (C=O) groups excluding carboxylic acids is 1. The van der Waals surface area contributed by atoms with E-state index in [4.69, 9.17) is 0 Å². The van der Waals surface area contributed by atoms with Crippen molar-refractivity contribution in [2.45, 2.75) is 37.6 Å². The van der Waals surface area contributed by atoms with Crippen LogP contribution in [-0.4, -0.2) is 11.6 Å². The lowest BCUT2D eigenvalue weighted by molar-refractivity contribution is 0.417.